The summed E-state index contributed by atoms with van der Waals surface area (Å²) < 4.78 is 2.36. The van der Waals surface area contributed by atoms with Gasteiger partial charge in [-0.15, -0.1) is 0 Å². The number of hydrogen-bond acceptors (Lipinski definition) is 2. The molecule has 0 aromatic heterocycles. The summed E-state index contributed by atoms with van der Waals surface area (Å²) in [4.78, 5) is 5.01. The van der Waals surface area contributed by atoms with Gasteiger partial charge in [0.05, 0.1) is 0 Å². The topological polar surface area (TPSA) is 9.49 Å². The molecule has 2 aliphatic heterocycles. The van der Waals surface area contributed by atoms with E-state index in [0.29, 0.717) is 0 Å². The number of benzene rings is 4. The fourth-order valence-corrected chi connectivity index (χ4v) is 11.7. The number of hydrogen-bond donors (Lipinski definition) is 0. The van der Waals surface area contributed by atoms with Crippen molar-refractivity contribution in [2.45, 2.75) is 141 Å². The maximum atomic E-state index is 2.51. The molecule has 0 amide bonds. The molecular formula is C54H70N3+. The van der Waals surface area contributed by atoms with Gasteiger partial charge in [-0.25, -0.2) is 4.58 Å². The predicted octanol–water partition coefficient (Wildman–Crippen LogP) is 13.4. The van der Waals surface area contributed by atoms with Gasteiger partial charge < -0.3 is 9.80 Å². The molecule has 300 valence electrons. The molecule has 7 rings (SSSR count). The van der Waals surface area contributed by atoms with Gasteiger partial charge in [0.1, 0.15) is 14.1 Å². The molecule has 0 radical (unpaired) electrons. The zero-order valence-electron chi connectivity index (χ0n) is 39.3. The van der Waals surface area contributed by atoms with Gasteiger partial charge >= 0.3 is 0 Å². The summed E-state index contributed by atoms with van der Waals surface area (Å²) in [5.41, 5.74) is 29.5. The second-order valence-corrected chi connectivity index (χ2v) is 19.4. The van der Waals surface area contributed by atoms with Crippen LogP contribution in [0, 0.1) is 83.1 Å². The van der Waals surface area contributed by atoms with E-state index >= 15 is 0 Å². The highest BCUT2D eigenvalue weighted by molar-refractivity contribution is 6.10. The minimum absolute atomic E-state index is 0.144. The standard InChI is InChI=1S/C54H70N3/c1-28-30(3)34(7)46-44(32(28)5)36(9)38(11)50-48(46)53(13,14)42(56(50)19)26-24-40-22-21-23-41(52(40)55(17)18)25-27-43-54(15,16)49-47-35(8)31(4)29(2)33(6)45(47)37(10)39(12)51(49)57(43)20/h24-27H,21-23H2,1-20H3/q+1. The Kier molecular flexibility index (Phi) is 9.74. The molecule has 4 aromatic rings. The van der Waals surface area contributed by atoms with Crippen LogP contribution in [-0.4, -0.2) is 38.5 Å². The van der Waals surface area contributed by atoms with Crippen LogP contribution in [0.15, 0.2) is 46.8 Å². The van der Waals surface area contributed by atoms with Crippen molar-refractivity contribution in [1.82, 2.24) is 0 Å². The van der Waals surface area contributed by atoms with Crippen molar-refractivity contribution < 1.29 is 4.58 Å². The molecule has 0 unspecified atom stereocenters. The number of allylic oxidation sites excluding steroid dienone is 8. The molecule has 0 bridgehead atoms. The molecule has 1 fully saturated rings. The number of anilines is 2. The van der Waals surface area contributed by atoms with Crippen LogP contribution >= 0.6 is 0 Å². The first-order chi connectivity index (χ1) is 26.5. The quantitative estimate of drug-likeness (QED) is 0.188. The average Bonchev–Trinajstić information content (AvgIpc) is 3.48. The molecule has 2 heterocycles. The zero-order valence-corrected chi connectivity index (χ0v) is 39.3. The fraction of sp³-hybridized carbons (Fsp3) is 0.463. The lowest BCUT2D eigenvalue weighted by molar-refractivity contribution is -0.463. The average molecular weight is 761 g/mol. The molecule has 0 N–H and O–H groups in total. The van der Waals surface area contributed by atoms with Crippen LogP contribution < -0.4 is 9.80 Å². The molecule has 3 nitrogen and oxygen atoms in total. The predicted molar refractivity (Wildman–Crippen MR) is 251 cm³/mol. The van der Waals surface area contributed by atoms with Crippen molar-refractivity contribution in [2.75, 3.05) is 38.0 Å². The van der Waals surface area contributed by atoms with Crippen LogP contribution in [0.1, 0.15) is 125 Å². The summed E-state index contributed by atoms with van der Waals surface area (Å²) in [5, 5.41) is 5.85. The Bertz CT molecular complexity index is 2460. The van der Waals surface area contributed by atoms with Gasteiger partial charge in [-0.2, -0.15) is 0 Å². The monoisotopic (exact) mass is 761 g/mol. The maximum absolute atomic E-state index is 2.51. The SMILES string of the molecule is Cc1c(C)c(C)c2c3c(c(C)c(C)c2c1C)N(C)C(=CC=C1CCC/C(=C\C=C2\N(C)c4c(C)c(C)c5c(C)c(C)c(C)c(C)c5c4C2(C)C)C1=[N+](C)C)C3(C)C. The maximum Gasteiger partial charge on any atom is 0.205 e. The summed E-state index contributed by atoms with van der Waals surface area (Å²) in [5.74, 6) is 0. The molecular weight excluding hydrogens is 691 g/mol. The third-order valence-corrected chi connectivity index (χ3v) is 15.7. The molecule has 0 spiro atoms. The van der Waals surface area contributed by atoms with Gasteiger partial charge in [-0.05, 0) is 214 Å². The van der Waals surface area contributed by atoms with Crippen LogP contribution in [0.25, 0.3) is 21.5 Å². The Morgan fingerprint density at radius 2 is 0.719 bits per heavy atom. The van der Waals surface area contributed by atoms with Crippen molar-refractivity contribution in [2.24, 2.45) is 0 Å². The minimum atomic E-state index is -0.144. The van der Waals surface area contributed by atoms with Crippen molar-refractivity contribution >= 4 is 38.6 Å². The Hall–Kier alpha value is -4.37. The lowest BCUT2D eigenvalue weighted by atomic mass is 9.76. The van der Waals surface area contributed by atoms with Gasteiger partial charge in [0.15, 0.2) is 0 Å². The van der Waals surface area contributed by atoms with E-state index in [9.17, 15) is 0 Å². The first kappa shape index (κ1) is 40.8. The second kappa shape index (κ2) is 13.6. The lowest BCUT2D eigenvalue weighted by Gasteiger charge is -2.26. The largest absolute Gasteiger partial charge is 0.347 e. The van der Waals surface area contributed by atoms with E-state index in [4.69, 9.17) is 0 Å². The summed E-state index contributed by atoms with van der Waals surface area (Å²) in [6.45, 7) is 37.7. The first-order valence-electron chi connectivity index (χ1n) is 21.4. The first-order valence-corrected chi connectivity index (χ1v) is 21.4. The molecule has 1 saturated carbocycles. The number of rotatable bonds is 2. The van der Waals surface area contributed by atoms with E-state index in [0.717, 1.165) is 19.3 Å². The highest BCUT2D eigenvalue weighted by Crippen LogP contribution is 2.56. The fourth-order valence-electron chi connectivity index (χ4n) is 11.7. The second-order valence-electron chi connectivity index (χ2n) is 19.4. The summed E-state index contributed by atoms with van der Waals surface area (Å²) >= 11 is 0. The van der Waals surface area contributed by atoms with E-state index in [2.05, 4.69) is 178 Å². The van der Waals surface area contributed by atoms with Gasteiger partial charge in [0, 0.05) is 58.8 Å². The molecule has 1 aliphatic carbocycles. The van der Waals surface area contributed by atoms with Crippen LogP contribution in [0.4, 0.5) is 11.4 Å². The van der Waals surface area contributed by atoms with Crippen LogP contribution in [0.2, 0.25) is 0 Å². The summed E-state index contributed by atoms with van der Waals surface area (Å²) in [6, 6.07) is 0. The number of fused-ring (bicyclic) bond motifs is 6. The van der Waals surface area contributed by atoms with E-state index in [1.54, 1.807) is 0 Å². The van der Waals surface area contributed by atoms with Gasteiger partial charge in [0.2, 0.25) is 5.71 Å². The Balaban J connectivity index is 1.34. The van der Waals surface area contributed by atoms with E-state index in [1.807, 2.05) is 0 Å². The summed E-state index contributed by atoms with van der Waals surface area (Å²) in [7, 11) is 9.05. The number of nitrogens with zero attached hydrogens (tertiary/aromatic N) is 3. The zero-order chi connectivity index (χ0) is 42.1. The van der Waals surface area contributed by atoms with Crippen molar-refractivity contribution in [1.29, 1.82) is 0 Å². The highest BCUT2D eigenvalue weighted by Gasteiger charge is 2.44. The smallest absolute Gasteiger partial charge is 0.205 e. The molecule has 3 heteroatoms. The molecule has 4 aromatic carbocycles. The van der Waals surface area contributed by atoms with E-state index < -0.39 is 0 Å². The minimum Gasteiger partial charge on any atom is -0.347 e. The molecule has 57 heavy (non-hydrogen) atoms. The van der Waals surface area contributed by atoms with Gasteiger partial charge in [-0.1, -0.05) is 39.8 Å². The third kappa shape index (κ3) is 5.53. The van der Waals surface area contributed by atoms with Gasteiger partial charge in [0.25, 0.3) is 0 Å². The Labute approximate surface area is 345 Å². The van der Waals surface area contributed by atoms with Crippen molar-refractivity contribution in [3.8, 4) is 0 Å². The lowest BCUT2D eigenvalue weighted by Crippen LogP contribution is -2.25. The van der Waals surface area contributed by atoms with Crippen molar-refractivity contribution in [3.63, 3.8) is 0 Å². The number of likely N-dealkylation sites (N-methyl/N-ethyl adjacent to an activating group) is 2. The van der Waals surface area contributed by atoms with E-state index in [-0.39, 0.29) is 10.8 Å². The number of aryl methyl sites for hydroxylation is 6. The normalized spacial score (nSPS) is 20.4. The third-order valence-electron chi connectivity index (χ3n) is 15.7. The van der Waals surface area contributed by atoms with Crippen molar-refractivity contribution in [3.05, 3.63) is 125 Å². The Morgan fingerprint density at radius 1 is 0.421 bits per heavy atom. The van der Waals surface area contributed by atoms with Crippen LogP contribution in [-0.2, 0) is 10.8 Å². The highest BCUT2D eigenvalue weighted by atomic mass is 15.2. The molecule has 0 atom stereocenters. The Morgan fingerprint density at radius 3 is 1.04 bits per heavy atom. The van der Waals surface area contributed by atoms with E-state index in [1.165, 1.54) is 139 Å². The molecule has 0 saturated heterocycles. The van der Waals surface area contributed by atoms with Crippen LogP contribution in [0.5, 0.6) is 0 Å². The summed E-state index contributed by atoms with van der Waals surface area (Å²) in [6.07, 6.45) is 13.2. The van der Waals surface area contributed by atoms with Crippen LogP contribution in [0.3, 0.4) is 0 Å². The molecule has 3 aliphatic rings. The van der Waals surface area contributed by atoms with Gasteiger partial charge in [-0.3, -0.25) is 0 Å².